The van der Waals surface area contributed by atoms with Crippen LogP contribution in [-0.2, 0) is 24.2 Å². The van der Waals surface area contributed by atoms with Gasteiger partial charge in [-0.2, -0.15) is 0 Å². The first kappa shape index (κ1) is 24.4. The molecule has 3 heterocycles. The molecule has 2 aromatic heterocycles. The molecule has 0 radical (unpaired) electrons. The van der Waals surface area contributed by atoms with Gasteiger partial charge in [0.25, 0.3) is 0 Å². The SMILES string of the molecule is Cc1cc(C(=O)CN2CCC(C(=O)NCCc3cccs3)CC2)c(C)n1CCc1ccccc1. The summed E-state index contributed by atoms with van der Waals surface area (Å²) in [6.45, 7) is 7.72. The maximum atomic E-state index is 13.1. The lowest BCUT2D eigenvalue weighted by Crippen LogP contribution is -2.42. The monoisotopic (exact) mass is 477 g/mol. The number of carbonyl (C=O) groups excluding carboxylic acids is 2. The van der Waals surface area contributed by atoms with Crippen molar-refractivity contribution in [2.24, 2.45) is 5.92 Å². The molecule has 4 rings (SSSR count). The molecule has 1 aliphatic heterocycles. The molecule has 34 heavy (non-hydrogen) atoms. The molecule has 6 heteroatoms. The molecule has 5 nitrogen and oxygen atoms in total. The Hall–Kier alpha value is -2.70. The number of ketones is 1. The van der Waals surface area contributed by atoms with Crippen LogP contribution in [0.5, 0.6) is 0 Å². The Balaban J connectivity index is 1.24. The van der Waals surface area contributed by atoms with Crippen LogP contribution in [0.1, 0.15) is 45.0 Å². The number of Topliss-reactive ketones (excluding diaryl/α,β-unsaturated/α-hetero) is 1. The first-order valence-corrected chi connectivity index (χ1v) is 13.2. The second-order valence-corrected chi connectivity index (χ2v) is 10.3. The molecule has 180 valence electrons. The van der Waals surface area contributed by atoms with Crippen LogP contribution in [0, 0.1) is 19.8 Å². The van der Waals surface area contributed by atoms with Crippen molar-refractivity contribution in [3.63, 3.8) is 0 Å². The van der Waals surface area contributed by atoms with Gasteiger partial charge in [-0.1, -0.05) is 36.4 Å². The standard InChI is InChI=1S/C28H35N3O2S/c1-21-19-26(22(2)31(21)17-11-23-7-4-3-5-8-23)27(32)20-30-15-12-24(13-16-30)28(33)29-14-10-25-9-6-18-34-25/h3-9,18-19,24H,10-17,20H2,1-2H3,(H,29,33). The molecule has 0 bridgehead atoms. The number of benzene rings is 1. The van der Waals surface area contributed by atoms with Gasteiger partial charge in [-0.25, -0.2) is 0 Å². The van der Waals surface area contributed by atoms with Crippen molar-refractivity contribution in [2.75, 3.05) is 26.2 Å². The number of hydrogen-bond donors (Lipinski definition) is 1. The summed E-state index contributed by atoms with van der Waals surface area (Å²) in [4.78, 5) is 29.1. The van der Waals surface area contributed by atoms with E-state index in [9.17, 15) is 9.59 Å². The topological polar surface area (TPSA) is 54.3 Å². The lowest BCUT2D eigenvalue weighted by molar-refractivity contribution is -0.126. The smallest absolute Gasteiger partial charge is 0.223 e. The van der Waals surface area contributed by atoms with E-state index in [0.29, 0.717) is 13.1 Å². The average molecular weight is 478 g/mol. The summed E-state index contributed by atoms with van der Waals surface area (Å²) in [5, 5.41) is 5.16. The van der Waals surface area contributed by atoms with E-state index < -0.39 is 0 Å². The third-order valence-electron chi connectivity index (χ3n) is 6.92. The number of carbonyl (C=O) groups is 2. The molecule has 1 aromatic carbocycles. The van der Waals surface area contributed by atoms with Crippen molar-refractivity contribution < 1.29 is 9.59 Å². The van der Waals surface area contributed by atoms with Crippen molar-refractivity contribution in [2.45, 2.75) is 46.1 Å². The van der Waals surface area contributed by atoms with E-state index in [-0.39, 0.29) is 17.6 Å². The second kappa shape index (κ2) is 11.6. The van der Waals surface area contributed by atoms with Gasteiger partial charge in [0.15, 0.2) is 5.78 Å². The number of rotatable bonds is 10. The first-order chi connectivity index (χ1) is 16.5. The number of nitrogens with one attached hydrogen (secondary N) is 1. The Morgan fingerprint density at radius 1 is 1.03 bits per heavy atom. The van der Waals surface area contributed by atoms with Crippen molar-refractivity contribution in [1.29, 1.82) is 0 Å². The zero-order valence-electron chi connectivity index (χ0n) is 20.3. The molecule has 1 saturated heterocycles. The lowest BCUT2D eigenvalue weighted by atomic mass is 9.95. The van der Waals surface area contributed by atoms with Crippen LogP contribution in [0.25, 0.3) is 0 Å². The number of aryl methyl sites for hydroxylation is 2. The molecule has 0 atom stereocenters. The predicted molar refractivity (Wildman–Crippen MR) is 139 cm³/mol. The van der Waals surface area contributed by atoms with Gasteiger partial charge in [-0.15, -0.1) is 11.3 Å². The molecule has 1 N–H and O–H groups in total. The number of aromatic nitrogens is 1. The average Bonchev–Trinajstić information content (AvgIpc) is 3.46. The number of hydrogen-bond acceptors (Lipinski definition) is 4. The summed E-state index contributed by atoms with van der Waals surface area (Å²) in [7, 11) is 0. The summed E-state index contributed by atoms with van der Waals surface area (Å²) in [5.74, 6) is 0.389. The van der Waals surface area contributed by atoms with E-state index in [1.165, 1.54) is 10.4 Å². The molecule has 3 aromatic rings. The van der Waals surface area contributed by atoms with E-state index in [1.807, 2.05) is 18.2 Å². The highest BCUT2D eigenvalue weighted by Gasteiger charge is 2.26. The number of nitrogens with zero attached hydrogens (tertiary/aromatic N) is 2. The number of amides is 1. The number of piperidine rings is 1. The minimum absolute atomic E-state index is 0.0535. The molecule has 0 aliphatic carbocycles. The molecule has 1 amide bonds. The Bertz CT molecular complexity index is 1080. The molecule has 0 spiro atoms. The molecule has 0 saturated carbocycles. The van der Waals surface area contributed by atoms with E-state index >= 15 is 0 Å². The zero-order valence-corrected chi connectivity index (χ0v) is 21.1. The van der Waals surface area contributed by atoms with Crippen LogP contribution >= 0.6 is 11.3 Å². The third kappa shape index (κ3) is 6.24. The number of thiophene rings is 1. The van der Waals surface area contributed by atoms with Crippen LogP contribution < -0.4 is 5.32 Å². The van der Waals surface area contributed by atoms with Crippen molar-refractivity contribution in [1.82, 2.24) is 14.8 Å². The van der Waals surface area contributed by atoms with Gasteiger partial charge in [0.05, 0.1) is 6.54 Å². The third-order valence-corrected chi connectivity index (χ3v) is 7.85. The minimum Gasteiger partial charge on any atom is -0.355 e. The summed E-state index contributed by atoms with van der Waals surface area (Å²) >= 11 is 1.73. The lowest BCUT2D eigenvalue weighted by Gasteiger charge is -2.30. The highest BCUT2D eigenvalue weighted by molar-refractivity contribution is 7.09. The predicted octanol–water partition coefficient (Wildman–Crippen LogP) is 4.66. The van der Waals surface area contributed by atoms with Crippen LogP contribution in [0.15, 0.2) is 53.9 Å². The van der Waals surface area contributed by atoms with Gasteiger partial charge in [-0.05, 0) is 75.7 Å². The normalized spacial score (nSPS) is 14.9. The minimum atomic E-state index is 0.0535. The largest absolute Gasteiger partial charge is 0.355 e. The summed E-state index contributed by atoms with van der Waals surface area (Å²) in [5.41, 5.74) is 4.33. The fourth-order valence-electron chi connectivity index (χ4n) is 4.86. The Morgan fingerprint density at radius 2 is 1.79 bits per heavy atom. The van der Waals surface area contributed by atoms with E-state index in [1.54, 1.807) is 11.3 Å². The second-order valence-electron chi connectivity index (χ2n) is 9.27. The van der Waals surface area contributed by atoms with Gasteiger partial charge >= 0.3 is 0 Å². The zero-order chi connectivity index (χ0) is 23.9. The van der Waals surface area contributed by atoms with Crippen molar-refractivity contribution in [3.05, 3.63) is 81.3 Å². The van der Waals surface area contributed by atoms with Gasteiger partial charge in [-0.3, -0.25) is 14.5 Å². The fourth-order valence-corrected chi connectivity index (χ4v) is 5.57. The molecular weight excluding hydrogens is 442 g/mol. The van der Waals surface area contributed by atoms with Gasteiger partial charge in [0.1, 0.15) is 0 Å². The summed E-state index contributed by atoms with van der Waals surface area (Å²) < 4.78 is 2.26. The fraction of sp³-hybridized carbons (Fsp3) is 0.429. The quantitative estimate of drug-likeness (QED) is 0.432. The molecule has 1 fully saturated rings. The highest BCUT2D eigenvalue weighted by Crippen LogP contribution is 2.21. The Morgan fingerprint density at radius 3 is 2.50 bits per heavy atom. The maximum absolute atomic E-state index is 13.1. The Labute approximate surface area is 206 Å². The van der Waals surface area contributed by atoms with Gasteiger partial charge in [0.2, 0.25) is 5.91 Å². The molecule has 0 unspecified atom stereocenters. The summed E-state index contributed by atoms with van der Waals surface area (Å²) in [6.07, 6.45) is 3.47. The first-order valence-electron chi connectivity index (χ1n) is 12.3. The molecular formula is C28H35N3O2S. The van der Waals surface area contributed by atoms with Crippen LogP contribution in [-0.4, -0.2) is 47.3 Å². The van der Waals surface area contributed by atoms with Crippen LogP contribution in [0.4, 0.5) is 0 Å². The van der Waals surface area contributed by atoms with Crippen LogP contribution in [0.3, 0.4) is 0 Å². The van der Waals surface area contributed by atoms with Crippen LogP contribution in [0.2, 0.25) is 0 Å². The Kier molecular flexibility index (Phi) is 8.35. The van der Waals surface area contributed by atoms with Gasteiger partial charge < -0.3 is 9.88 Å². The van der Waals surface area contributed by atoms with E-state index in [4.69, 9.17) is 0 Å². The van der Waals surface area contributed by atoms with Gasteiger partial charge in [0, 0.05) is 40.8 Å². The van der Waals surface area contributed by atoms with Crippen molar-refractivity contribution >= 4 is 23.0 Å². The maximum Gasteiger partial charge on any atom is 0.223 e. The highest BCUT2D eigenvalue weighted by atomic mass is 32.1. The summed E-state index contributed by atoms with van der Waals surface area (Å²) in [6, 6.07) is 16.6. The van der Waals surface area contributed by atoms with Crippen molar-refractivity contribution in [3.8, 4) is 0 Å². The number of likely N-dealkylation sites (tertiary alicyclic amines) is 1. The van der Waals surface area contributed by atoms with E-state index in [2.05, 4.69) is 64.3 Å². The molecule has 1 aliphatic rings. The van der Waals surface area contributed by atoms with E-state index in [0.717, 1.165) is 62.3 Å².